The quantitative estimate of drug-likeness (QED) is 0.835. The van der Waals surface area contributed by atoms with Crippen LogP contribution in [0.4, 0.5) is 0 Å². The zero-order chi connectivity index (χ0) is 10.2. The Bertz CT molecular complexity index is 527. The minimum Gasteiger partial charge on any atom is -0.355 e. The average Bonchev–Trinajstić information content (AvgIpc) is 2.73. The summed E-state index contributed by atoms with van der Waals surface area (Å²) in [5.74, 6) is 0.532. The number of hydrogen-bond acceptors (Lipinski definition) is 5. The van der Waals surface area contributed by atoms with Crippen LogP contribution >= 0.6 is 11.3 Å². The van der Waals surface area contributed by atoms with Gasteiger partial charge in [-0.25, -0.2) is 13.6 Å². The molecule has 2 aromatic heterocycles. The van der Waals surface area contributed by atoms with Gasteiger partial charge in [-0.1, -0.05) is 5.16 Å². The van der Waals surface area contributed by atoms with Crippen molar-refractivity contribution in [2.75, 3.05) is 0 Å². The SMILES string of the molecule is NS(=O)(=O)c1ccc(-c2ccno2)s1. The van der Waals surface area contributed by atoms with Gasteiger partial charge in [0.05, 0.1) is 11.1 Å². The predicted molar refractivity (Wildman–Crippen MR) is 51.2 cm³/mol. The molecule has 2 heterocycles. The van der Waals surface area contributed by atoms with Crippen LogP contribution in [0.15, 0.2) is 33.1 Å². The lowest BCUT2D eigenvalue weighted by Crippen LogP contribution is -2.09. The van der Waals surface area contributed by atoms with Crippen molar-refractivity contribution in [3.63, 3.8) is 0 Å². The van der Waals surface area contributed by atoms with Crippen molar-refractivity contribution in [1.82, 2.24) is 5.16 Å². The van der Waals surface area contributed by atoms with Crippen molar-refractivity contribution in [2.24, 2.45) is 5.14 Å². The number of primary sulfonamides is 1. The summed E-state index contributed by atoms with van der Waals surface area (Å²) in [5.41, 5.74) is 0. The van der Waals surface area contributed by atoms with Crippen molar-refractivity contribution in [3.05, 3.63) is 24.4 Å². The lowest BCUT2D eigenvalue weighted by Gasteiger charge is -1.89. The normalized spacial score (nSPS) is 11.8. The minimum absolute atomic E-state index is 0.115. The summed E-state index contributed by atoms with van der Waals surface area (Å²) in [6, 6.07) is 4.72. The maximum atomic E-state index is 11.0. The van der Waals surface area contributed by atoms with Crippen molar-refractivity contribution in [3.8, 4) is 10.6 Å². The number of sulfonamides is 1. The van der Waals surface area contributed by atoms with E-state index >= 15 is 0 Å². The standard InChI is InChI=1S/C7H6N2O3S2/c8-14(10,11)7-2-1-6(13-7)5-3-4-9-12-5/h1-4H,(H2,8,10,11). The van der Waals surface area contributed by atoms with E-state index in [1.54, 1.807) is 12.1 Å². The summed E-state index contributed by atoms with van der Waals surface area (Å²) in [6.45, 7) is 0. The number of nitrogens with zero attached hydrogens (tertiary/aromatic N) is 1. The smallest absolute Gasteiger partial charge is 0.247 e. The van der Waals surface area contributed by atoms with Crippen molar-refractivity contribution < 1.29 is 12.9 Å². The Morgan fingerprint density at radius 2 is 2.14 bits per heavy atom. The average molecular weight is 230 g/mol. The van der Waals surface area contributed by atoms with Gasteiger partial charge in [-0.3, -0.25) is 0 Å². The van der Waals surface area contributed by atoms with E-state index in [4.69, 9.17) is 9.66 Å². The van der Waals surface area contributed by atoms with Crippen LogP contribution in [-0.2, 0) is 10.0 Å². The molecule has 0 saturated carbocycles. The second kappa shape index (κ2) is 3.19. The third-order valence-corrected chi connectivity index (χ3v) is 4.08. The fourth-order valence-electron chi connectivity index (χ4n) is 0.948. The van der Waals surface area contributed by atoms with Crippen molar-refractivity contribution in [1.29, 1.82) is 0 Å². The van der Waals surface area contributed by atoms with E-state index in [2.05, 4.69) is 5.16 Å². The number of aromatic nitrogens is 1. The number of thiophene rings is 1. The summed E-state index contributed by atoms with van der Waals surface area (Å²) in [4.78, 5) is 0.687. The molecule has 7 heteroatoms. The monoisotopic (exact) mass is 230 g/mol. The molecule has 2 rings (SSSR count). The van der Waals surface area contributed by atoms with Gasteiger partial charge in [0.25, 0.3) is 0 Å². The van der Waals surface area contributed by atoms with Crippen LogP contribution in [-0.4, -0.2) is 13.6 Å². The summed E-state index contributed by atoms with van der Waals surface area (Å²) in [5, 5.41) is 8.48. The van der Waals surface area contributed by atoms with Gasteiger partial charge in [0, 0.05) is 6.07 Å². The molecule has 0 bridgehead atoms. The molecule has 0 aliphatic rings. The molecule has 2 N–H and O–H groups in total. The molecule has 0 unspecified atom stereocenters. The molecule has 0 spiro atoms. The molecule has 0 saturated heterocycles. The molecule has 5 nitrogen and oxygen atoms in total. The molecule has 0 aliphatic heterocycles. The van der Waals surface area contributed by atoms with E-state index in [0.29, 0.717) is 10.6 Å². The van der Waals surface area contributed by atoms with Crippen LogP contribution in [0.2, 0.25) is 0 Å². The highest BCUT2D eigenvalue weighted by atomic mass is 32.2. The lowest BCUT2D eigenvalue weighted by atomic mass is 10.4. The first-order valence-electron chi connectivity index (χ1n) is 3.61. The van der Waals surface area contributed by atoms with Crippen LogP contribution in [0.5, 0.6) is 0 Å². The predicted octanol–water partition coefficient (Wildman–Crippen LogP) is 1.05. The van der Waals surface area contributed by atoms with Crippen molar-refractivity contribution >= 4 is 21.4 Å². The highest BCUT2D eigenvalue weighted by Crippen LogP contribution is 2.29. The van der Waals surface area contributed by atoms with E-state index in [0.717, 1.165) is 11.3 Å². The number of hydrogen-bond donors (Lipinski definition) is 1. The molecule has 0 fully saturated rings. The molecule has 14 heavy (non-hydrogen) atoms. The van der Waals surface area contributed by atoms with E-state index in [1.165, 1.54) is 12.3 Å². The Hall–Kier alpha value is -1.18. The van der Waals surface area contributed by atoms with E-state index in [9.17, 15) is 8.42 Å². The minimum atomic E-state index is -3.62. The molecule has 0 amide bonds. The molecule has 0 atom stereocenters. The summed E-state index contributed by atoms with van der Waals surface area (Å²) >= 11 is 1.05. The van der Waals surface area contributed by atoms with Crippen LogP contribution in [0.25, 0.3) is 10.6 Å². The summed E-state index contributed by atoms with van der Waals surface area (Å²) in [6.07, 6.45) is 1.49. The molecule has 74 valence electrons. The van der Waals surface area contributed by atoms with Gasteiger partial charge in [0.1, 0.15) is 4.21 Å². The lowest BCUT2D eigenvalue weighted by molar-refractivity contribution is 0.433. The third-order valence-electron chi connectivity index (χ3n) is 1.54. The zero-order valence-electron chi connectivity index (χ0n) is 6.88. The maximum Gasteiger partial charge on any atom is 0.247 e. The number of nitrogens with two attached hydrogens (primary N) is 1. The Morgan fingerprint density at radius 1 is 1.36 bits per heavy atom. The third kappa shape index (κ3) is 1.69. The number of rotatable bonds is 2. The van der Waals surface area contributed by atoms with Gasteiger partial charge in [-0.05, 0) is 12.1 Å². The van der Waals surface area contributed by atoms with Gasteiger partial charge in [-0.15, -0.1) is 11.3 Å². The second-order valence-corrected chi connectivity index (χ2v) is 5.41. The van der Waals surface area contributed by atoms with Crippen molar-refractivity contribution in [2.45, 2.75) is 4.21 Å². The first-order valence-corrected chi connectivity index (χ1v) is 5.97. The Morgan fingerprint density at radius 3 is 2.64 bits per heavy atom. The highest BCUT2D eigenvalue weighted by Gasteiger charge is 2.13. The summed E-state index contributed by atoms with van der Waals surface area (Å²) in [7, 11) is -3.62. The summed E-state index contributed by atoms with van der Waals surface area (Å²) < 4.78 is 26.9. The molecular weight excluding hydrogens is 224 g/mol. The topological polar surface area (TPSA) is 86.2 Å². The first kappa shape index (κ1) is 9.38. The zero-order valence-corrected chi connectivity index (χ0v) is 8.51. The van der Waals surface area contributed by atoms with E-state index < -0.39 is 10.0 Å². The van der Waals surface area contributed by atoms with Gasteiger partial charge < -0.3 is 4.52 Å². The highest BCUT2D eigenvalue weighted by molar-refractivity contribution is 7.91. The maximum absolute atomic E-state index is 11.0. The molecule has 0 aromatic carbocycles. The van der Waals surface area contributed by atoms with Crippen LogP contribution < -0.4 is 5.14 Å². The Labute approximate surface area is 84.2 Å². The Kier molecular flexibility index (Phi) is 2.14. The second-order valence-electron chi connectivity index (χ2n) is 2.54. The molecule has 0 radical (unpaired) electrons. The fraction of sp³-hybridized carbons (Fsp3) is 0. The van der Waals surface area contributed by atoms with Gasteiger partial charge >= 0.3 is 0 Å². The van der Waals surface area contributed by atoms with Crippen LogP contribution in [0.1, 0.15) is 0 Å². The van der Waals surface area contributed by atoms with E-state index in [1.807, 2.05) is 0 Å². The van der Waals surface area contributed by atoms with E-state index in [-0.39, 0.29) is 4.21 Å². The molecule has 2 aromatic rings. The molecule has 0 aliphatic carbocycles. The largest absolute Gasteiger partial charge is 0.355 e. The first-order chi connectivity index (χ1) is 6.57. The molecular formula is C7H6N2O3S2. The van der Waals surface area contributed by atoms with Gasteiger partial charge in [-0.2, -0.15) is 0 Å². The van der Waals surface area contributed by atoms with Crippen LogP contribution in [0, 0.1) is 0 Å². The van der Waals surface area contributed by atoms with Crippen LogP contribution in [0.3, 0.4) is 0 Å². The van der Waals surface area contributed by atoms with Gasteiger partial charge in [0.15, 0.2) is 5.76 Å². The Balaban J connectivity index is 2.46. The van der Waals surface area contributed by atoms with Gasteiger partial charge in [0.2, 0.25) is 10.0 Å². The fourth-order valence-corrected chi connectivity index (χ4v) is 2.63.